The van der Waals surface area contributed by atoms with Crippen LogP contribution in [0.2, 0.25) is 0 Å². The van der Waals surface area contributed by atoms with E-state index in [1.807, 2.05) is 63.2 Å². The van der Waals surface area contributed by atoms with Gasteiger partial charge in [0.05, 0.1) is 24.9 Å². The monoisotopic (exact) mass is 434 g/mol. The summed E-state index contributed by atoms with van der Waals surface area (Å²) < 4.78 is 11.3. The minimum Gasteiger partial charge on any atom is -0.444 e. The van der Waals surface area contributed by atoms with E-state index >= 15 is 0 Å². The molecule has 27 heavy (non-hydrogen) atoms. The van der Waals surface area contributed by atoms with Crippen LogP contribution < -0.4 is 5.32 Å². The highest BCUT2D eigenvalue weighted by molar-refractivity contribution is 9.08. The maximum atomic E-state index is 12.2. The van der Waals surface area contributed by atoms with Crippen LogP contribution in [0.1, 0.15) is 37.6 Å². The van der Waals surface area contributed by atoms with Gasteiger partial charge in [0, 0.05) is 11.5 Å². The zero-order chi connectivity index (χ0) is 19.7. The lowest BCUT2D eigenvalue weighted by molar-refractivity contribution is 0.0426. The van der Waals surface area contributed by atoms with Gasteiger partial charge in [-0.25, -0.2) is 4.79 Å². The Bertz CT molecular complexity index is 717. The van der Waals surface area contributed by atoms with Crippen molar-refractivity contribution in [1.82, 2.24) is 10.3 Å². The van der Waals surface area contributed by atoms with Crippen molar-refractivity contribution in [3.05, 3.63) is 65.5 Å². The Morgan fingerprint density at radius 2 is 1.93 bits per heavy atom. The van der Waals surface area contributed by atoms with Crippen molar-refractivity contribution >= 4 is 22.0 Å². The van der Waals surface area contributed by atoms with Crippen LogP contribution in [0.3, 0.4) is 0 Å². The average Bonchev–Trinajstić information content (AvgIpc) is 2.61. The summed E-state index contributed by atoms with van der Waals surface area (Å²) in [5, 5.41) is 3.65. The minimum atomic E-state index is -0.541. The van der Waals surface area contributed by atoms with Crippen molar-refractivity contribution in [1.29, 1.82) is 0 Å². The number of hydrogen-bond acceptors (Lipinski definition) is 4. The van der Waals surface area contributed by atoms with Crippen molar-refractivity contribution in [2.45, 2.75) is 50.8 Å². The number of rotatable bonds is 8. The first kappa shape index (κ1) is 21.4. The molecule has 1 heterocycles. The van der Waals surface area contributed by atoms with E-state index in [9.17, 15) is 4.79 Å². The molecule has 2 aromatic rings. The second-order valence-electron chi connectivity index (χ2n) is 7.29. The normalized spacial score (nSPS) is 12.4. The van der Waals surface area contributed by atoms with Gasteiger partial charge in [-0.05, 0) is 44.4 Å². The molecule has 0 radical (unpaired) electrons. The maximum Gasteiger partial charge on any atom is 0.407 e. The molecular formula is C21H27BrN2O3. The molecule has 1 atom stereocenters. The van der Waals surface area contributed by atoms with Crippen LogP contribution in [-0.4, -0.2) is 29.3 Å². The topological polar surface area (TPSA) is 60.5 Å². The summed E-state index contributed by atoms with van der Waals surface area (Å²) in [4.78, 5) is 16.6. The highest BCUT2D eigenvalue weighted by Gasteiger charge is 2.20. The van der Waals surface area contributed by atoms with Crippen LogP contribution >= 0.6 is 15.9 Å². The molecule has 0 aliphatic carbocycles. The van der Waals surface area contributed by atoms with Crippen LogP contribution in [0, 0.1) is 0 Å². The zero-order valence-electron chi connectivity index (χ0n) is 16.1. The number of carbonyl (C=O) groups is 1. The van der Waals surface area contributed by atoms with Crippen LogP contribution in [0.15, 0.2) is 48.7 Å². The lowest BCUT2D eigenvalue weighted by atomic mass is 10.1. The molecule has 146 valence electrons. The molecule has 2 rings (SSSR count). The molecular weight excluding hydrogens is 408 g/mol. The van der Waals surface area contributed by atoms with Gasteiger partial charge in [0.25, 0.3) is 0 Å². The van der Waals surface area contributed by atoms with Gasteiger partial charge in [-0.3, -0.25) is 4.98 Å². The van der Waals surface area contributed by atoms with Gasteiger partial charge in [0.2, 0.25) is 0 Å². The maximum absolute atomic E-state index is 12.2. The number of carbonyl (C=O) groups excluding carboxylic acids is 1. The summed E-state index contributed by atoms with van der Waals surface area (Å²) in [5.74, 6) is 0. The largest absolute Gasteiger partial charge is 0.444 e. The Balaban J connectivity index is 1.97. The number of amides is 1. The van der Waals surface area contributed by atoms with E-state index in [0.29, 0.717) is 19.6 Å². The van der Waals surface area contributed by atoms with Crippen LogP contribution in [-0.2, 0) is 27.8 Å². The fraction of sp³-hybridized carbons (Fsp3) is 0.429. The number of alkyl halides is 1. The first-order valence-corrected chi connectivity index (χ1v) is 10.1. The molecule has 0 aliphatic heterocycles. The number of hydrogen-bond donors (Lipinski definition) is 1. The van der Waals surface area contributed by atoms with E-state index in [1.54, 1.807) is 6.20 Å². The zero-order valence-corrected chi connectivity index (χ0v) is 17.7. The lowest BCUT2D eigenvalue weighted by Crippen LogP contribution is -2.42. The van der Waals surface area contributed by atoms with Crippen molar-refractivity contribution in [3.63, 3.8) is 0 Å². The number of alkyl carbamates (subject to hydrolysis) is 1. The van der Waals surface area contributed by atoms with Crippen molar-refractivity contribution in [2.24, 2.45) is 0 Å². The van der Waals surface area contributed by atoms with Gasteiger partial charge >= 0.3 is 6.09 Å². The number of ether oxygens (including phenoxy) is 2. The van der Waals surface area contributed by atoms with Crippen LogP contribution in [0.5, 0.6) is 0 Å². The fourth-order valence-corrected chi connectivity index (χ4v) is 3.06. The third-order valence-corrected chi connectivity index (χ3v) is 4.34. The van der Waals surface area contributed by atoms with Gasteiger partial charge in [0.1, 0.15) is 5.60 Å². The molecule has 0 saturated heterocycles. The molecule has 0 aliphatic rings. The molecule has 0 bridgehead atoms. The number of benzene rings is 1. The molecule has 1 amide bonds. The van der Waals surface area contributed by atoms with E-state index in [4.69, 9.17) is 9.47 Å². The third kappa shape index (κ3) is 8.10. The molecule has 1 aromatic carbocycles. The van der Waals surface area contributed by atoms with E-state index < -0.39 is 11.7 Å². The molecule has 5 nitrogen and oxygen atoms in total. The Hall–Kier alpha value is -1.92. The molecule has 1 aromatic heterocycles. The SMILES string of the molecule is CC(C)(C)OC(=O)NC(COCc1ncccc1CBr)Cc1ccccc1. The van der Waals surface area contributed by atoms with Gasteiger partial charge in [0.15, 0.2) is 0 Å². The van der Waals surface area contributed by atoms with Crippen LogP contribution in [0.4, 0.5) is 4.79 Å². The Morgan fingerprint density at radius 1 is 1.19 bits per heavy atom. The number of pyridine rings is 1. The second-order valence-corrected chi connectivity index (χ2v) is 7.85. The first-order valence-electron chi connectivity index (χ1n) is 8.97. The molecule has 1 unspecified atom stereocenters. The summed E-state index contributed by atoms with van der Waals surface area (Å²) in [7, 11) is 0. The minimum absolute atomic E-state index is 0.196. The summed E-state index contributed by atoms with van der Waals surface area (Å²) >= 11 is 3.46. The first-order chi connectivity index (χ1) is 12.9. The van der Waals surface area contributed by atoms with Crippen molar-refractivity contribution < 1.29 is 14.3 Å². The highest BCUT2D eigenvalue weighted by Crippen LogP contribution is 2.12. The second kappa shape index (κ2) is 10.4. The van der Waals surface area contributed by atoms with Crippen molar-refractivity contribution in [3.8, 4) is 0 Å². The number of nitrogens with zero attached hydrogens (tertiary/aromatic N) is 1. The quantitative estimate of drug-likeness (QED) is 0.615. The van der Waals surface area contributed by atoms with Gasteiger partial charge in [-0.2, -0.15) is 0 Å². The number of halogens is 1. The smallest absolute Gasteiger partial charge is 0.407 e. The Labute approximate surface area is 169 Å². The highest BCUT2D eigenvalue weighted by atomic mass is 79.9. The summed E-state index contributed by atoms with van der Waals surface area (Å²) in [6.45, 7) is 6.30. The third-order valence-electron chi connectivity index (χ3n) is 3.73. The number of aromatic nitrogens is 1. The van der Waals surface area contributed by atoms with Gasteiger partial charge < -0.3 is 14.8 Å². The molecule has 0 fully saturated rings. The lowest BCUT2D eigenvalue weighted by Gasteiger charge is -2.24. The van der Waals surface area contributed by atoms with Crippen molar-refractivity contribution in [2.75, 3.05) is 6.61 Å². The summed E-state index contributed by atoms with van der Waals surface area (Å²) in [5.41, 5.74) is 2.57. The summed E-state index contributed by atoms with van der Waals surface area (Å²) in [6.07, 6.45) is 1.98. The van der Waals surface area contributed by atoms with Gasteiger partial charge in [-0.1, -0.05) is 52.3 Å². The van der Waals surface area contributed by atoms with E-state index in [0.717, 1.165) is 22.2 Å². The molecule has 6 heteroatoms. The fourth-order valence-electron chi connectivity index (χ4n) is 2.55. The van der Waals surface area contributed by atoms with Gasteiger partial charge in [-0.15, -0.1) is 0 Å². The summed E-state index contributed by atoms with van der Waals surface area (Å²) in [6, 6.07) is 13.7. The van der Waals surface area contributed by atoms with E-state index in [2.05, 4.69) is 26.2 Å². The van der Waals surface area contributed by atoms with Crippen LogP contribution in [0.25, 0.3) is 0 Å². The van der Waals surface area contributed by atoms with E-state index in [1.165, 1.54) is 0 Å². The molecule has 0 spiro atoms. The average molecular weight is 435 g/mol. The Kier molecular flexibility index (Phi) is 8.25. The Morgan fingerprint density at radius 3 is 2.59 bits per heavy atom. The molecule has 0 saturated carbocycles. The predicted octanol–water partition coefficient (Wildman–Crippen LogP) is 4.63. The van der Waals surface area contributed by atoms with E-state index in [-0.39, 0.29) is 6.04 Å². The molecule has 1 N–H and O–H groups in total. The predicted molar refractivity (Wildman–Crippen MR) is 110 cm³/mol. The number of nitrogens with one attached hydrogen (secondary N) is 1. The standard InChI is InChI=1S/C21H27BrN2O3/c1-21(2,3)27-20(25)24-18(12-16-8-5-4-6-9-16)14-26-15-19-17(13-22)10-7-11-23-19/h4-11,18H,12-15H2,1-3H3,(H,24,25).